The van der Waals surface area contributed by atoms with E-state index in [1.54, 1.807) is 0 Å². The molecule has 6 heteroatoms. The van der Waals surface area contributed by atoms with E-state index in [-0.39, 0.29) is 31.2 Å². The van der Waals surface area contributed by atoms with Crippen LogP contribution in [0.2, 0.25) is 0 Å². The summed E-state index contributed by atoms with van der Waals surface area (Å²) in [6, 6.07) is 0. The fourth-order valence-electron chi connectivity index (χ4n) is 3.60. The van der Waals surface area contributed by atoms with Crippen LogP contribution in [0.25, 0.3) is 0 Å². The lowest BCUT2D eigenvalue weighted by Gasteiger charge is -2.19. The number of aliphatic hydroxyl groups is 2. The zero-order valence-corrected chi connectivity index (χ0v) is 18.1. The molecule has 0 aliphatic rings. The summed E-state index contributed by atoms with van der Waals surface area (Å²) in [6.07, 6.45) is 10.5. The average Bonchev–Trinajstić information content (AvgIpc) is 2.57. The summed E-state index contributed by atoms with van der Waals surface area (Å²) in [4.78, 5) is 21.9. The highest BCUT2D eigenvalue weighted by Gasteiger charge is 2.14. The maximum absolute atomic E-state index is 11.4. The maximum atomic E-state index is 11.4. The molecule has 6 nitrogen and oxygen atoms in total. The van der Waals surface area contributed by atoms with Crippen LogP contribution in [0.3, 0.4) is 0 Å². The fraction of sp³-hybridized carbons (Fsp3) is 0.909. The van der Waals surface area contributed by atoms with Crippen LogP contribution in [0.5, 0.6) is 0 Å². The topological polar surface area (TPSA) is 104 Å². The first kappa shape index (κ1) is 26.9. The van der Waals surface area contributed by atoms with Gasteiger partial charge in [-0.15, -0.1) is 0 Å². The third-order valence-electron chi connectivity index (χ3n) is 4.95. The number of carboxylic acids is 1. The molecule has 3 unspecified atom stereocenters. The van der Waals surface area contributed by atoms with E-state index < -0.39 is 11.9 Å². The highest BCUT2D eigenvalue weighted by Crippen LogP contribution is 2.22. The summed E-state index contributed by atoms with van der Waals surface area (Å²) in [5.74, 6) is -1.01. The van der Waals surface area contributed by atoms with Crippen molar-refractivity contribution in [3.8, 4) is 0 Å². The van der Waals surface area contributed by atoms with Gasteiger partial charge >= 0.3 is 11.9 Å². The highest BCUT2D eigenvalue weighted by molar-refractivity contribution is 5.76. The minimum Gasteiger partial charge on any atom is -0.481 e. The molecule has 0 saturated heterocycles. The van der Waals surface area contributed by atoms with E-state index in [2.05, 4.69) is 0 Å². The van der Waals surface area contributed by atoms with E-state index in [0.717, 1.165) is 44.9 Å². The van der Waals surface area contributed by atoms with Crippen LogP contribution in [0.1, 0.15) is 104 Å². The molecule has 0 rings (SSSR count). The van der Waals surface area contributed by atoms with Gasteiger partial charge in [-0.3, -0.25) is 9.59 Å². The molecule has 0 saturated carbocycles. The van der Waals surface area contributed by atoms with Crippen molar-refractivity contribution in [3.63, 3.8) is 0 Å². The Morgan fingerprint density at radius 1 is 0.750 bits per heavy atom. The number of aliphatic carboxylic acids is 1. The summed E-state index contributed by atoms with van der Waals surface area (Å²) in [5.41, 5.74) is 0. The molecular formula is C22H42O6. The Bertz CT molecular complexity index is 398. The molecule has 28 heavy (non-hydrogen) atoms. The number of ether oxygens (including phenoxy) is 1. The molecule has 0 aromatic heterocycles. The molecule has 0 bridgehead atoms. The quantitative estimate of drug-likeness (QED) is 0.231. The maximum Gasteiger partial charge on any atom is 0.306 e. The number of esters is 1. The first-order chi connectivity index (χ1) is 13.2. The van der Waals surface area contributed by atoms with Crippen molar-refractivity contribution < 1.29 is 29.6 Å². The van der Waals surface area contributed by atoms with Gasteiger partial charge in [-0.05, 0) is 52.4 Å². The Labute approximate surface area is 170 Å². The minimum atomic E-state index is -0.981. The normalized spacial score (nSPS) is 15.6. The van der Waals surface area contributed by atoms with E-state index in [1.165, 1.54) is 25.7 Å². The molecular weight excluding hydrogens is 360 g/mol. The van der Waals surface area contributed by atoms with Crippen molar-refractivity contribution >= 4 is 11.9 Å². The number of carbonyl (C=O) groups is 2. The predicted molar refractivity (Wildman–Crippen MR) is 110 cm³/mol. The second-order valence-electron chi connectivity index (χ2n) is 8.28. The second-order valence-corrected chi connectivity index (χ2v) is 8.28. The number of hydrogen-bond donors (Lipinski definition) is 3. The van der Waals surface area contributed by atoms with E-state index in [0.29, 0.717) is 5.92 Å². The lowest BCUT2D eigenvalue weighted by atomic mass is 9.90. The first-order valence-electron chi connectivity index (χ1n) is 11.0. The number of rotatable bonds is 18. The van der Waals surface area contributed by atoms with E-state index in [9.17, 15) is 19.8 Å². The number of carbonyl (C=O) groups excluding carboxylic acids is 1. The molecule has 0 radical (unpaired) electrons. The molecule has 3 N–H and O–H groups in total. The van der Waals surface area contributed by atoms with Crippen molar-refractivity contribution in [2.45, 2.75) is 123 Å². The predicted octanol–water partition coefficient (Wildman–Crippen LogP) is 4.45. The lowest BCUT2D eigenvalue weighted by molar-refractivity contribution is -0.151. The summed E-state index contributed by atoms with van der Waals surface area (Å²) >= 11 is 0. The Kier molecular flexibility index (Phi) is 16.1. The SMILES string of the molecule is CC(O)CC(CCCCCCCCCC(C)OC(=O)CCC(=O)O)CC(C)O. The molecule has 0 amide bonds. The Morgan fingerprint density at radius 2 is 1.21 bits per heavy atom. The van der Waals surface area contributed by atoms with Gasteiger partial charge in [0.1, 0.15) is 0 Å². The van der Waals surface area contributed by atoms with Crippen LogP contribution >= 0.6 is 0 Å². The van der Waals surface area contributed by atoms with Crippen LogP contribution in [0, 0.1) is 5.92 Å². The third kappa shape index (κ3) is 18.2. The van der Waals surface area contributed by atoms with Gasteiger partial charge in [0.05, 0.1) is 31.2 Å². The lowest BCUT2D eigenvalue weighted by Crippen LogP contribution is -2.15. The number of hydrogen-bond acceptors (Lipinski definition) is 5. The standard InChI is InChI=1S/C22H42O6/c1-17(23)15-20(16-18(2)24)12-10-8-6-4-5-7-9-11-19(3)28-22(27)14-13-21(25)26/h17-20,23-24H,4-16H2,1-3H3,(H,25,26). The zero-order valence-electron chi connectivity index (χ0n) is 18.1. The molecule has 0 spiro atoms. The van der Waals surface area contributed by atoms with Crippen molar-refractivity contribution in [1.29, 1.82) is 0 Å². The number of aliphatic hydroxyl groups excluding tert-OH is 2. The molecule has 0 aliphatic heterocycles. The van der Waals surface area contributed by atoms with Crippen molar-refractivity contribution in [1.82, 2.24) is 0 Å². The monoisotopic (exact) mass is 402 g/mol. The number of carboxylic acid groups (broad SMARTS) is 1. The summed E-state index contributed by atoms with van der Waals surface area (Å²) in [5, 5.41) is 27.7. The van der Waals surface area contributed by atoms with Gasteiger partial charge in [-0.1, -0.05) is 44.9 Å². The van der Waals surface area contributed by atoms with Gasteiger partial charge in [0.2, 0.25) is 0 Å². The van der Waals surface area contributed by atoms with Crippen molar-refractivity contribution in [2.24, 2.45) is 5.92 Å². The molecule has 0 heterocycles. The van der Waals surface area contributed by atoms with Gasteiger partial charge in [-0.25, -0.2) is 0 Å². The smallest absolute Gasteiger partial charge is 0.306 e. The Morgan fingerprint density at radius 3 is 1.68 bits per heavy atom. The van der Waals surface area contributed by atoms with Crippen LogP contribution in [-0.4, -0.2) is 45.6 Å². The van der Waals surface area contributed by atoms with E-state index in [4.69, 9.17) is 9.84 Å². The van der Waals surface area contributed by atoms with Crippen LogP contribution in [-0.2, 0) is 14.3 Å². The molecule has 3 atom stereocenters. The van der Waals surface area contributed by atoms with Gasteiger partial charge in [-0.2, -0.15) is 0 Å². The van der Waals surface area contributed by atoms with Gasteiger partial charge in [0.25, 0.3) is 0 Å². The Balaban J connectivity index is 3.60. The zero-order chi connectivity index (χ0) is 21.4. The largest absolute Gasteiger partial charge is 0.481 e. The van der Waals surface area contributed by atoms with Crippen molar-refractivity contribution in [3.05, 3.63) is 0 Å². The summed E-state index contributed by atoms with van der Waals surface area (Å²) < 4.78 is 5.20. The summed E-state index contributed by atoms with van der Waals surface area (Å²) in [6.45, 7) is 5.48. The van der Waals surface area contributed by atoms with Gasteiger partial charge < -0.3 is 20.1 Å². The molecule has 0 aliphatic carbocycles. The number of unbranched alkanes of at least 4 members (excludes halogenated alkanes) is 6. The van der Waals surface area contributed by atoms with E-state index in [1.807, 2.05) is 20.8 Å². The molecule has 166 valence electrons. The van der Waals surface area contributed by atoms with E-state index >= 15 is 0 Å². The minimum absolute atomic E-state index is 0.0606. The van der Waals surface area contributed by atoms with Crippen LogP contribution in [0.4, 0.5) is 0 Å². The molecule has 0 aromatic rings. The van der Waals surface area contributed by atoms with Gasteiger partial charge in [0, 0.05) is 0 Å². The highest BCUT2D eigenvalue weighted by atomic mass is 16.5. The van der Waals surface area contributed by atoms with Gasteiger partial charge in [0.15, 0.2) is 0 Å². The molecule has 0 aromatic carbocycles. The van der Waals surface area contributed by atoms with Crippen LogP contribution < -0.4 is 0 Å². The van der Waals surface area contributed by atoms with Crippen LogP contribution in [0.15, 0.2) is 0 Å². The fourth-order valence-corrected chi connectivity index (χ4v) is 3.60. The average molecular weight is 403 g/mol. The Hall–Kier alpha value is -1.14. The third-order valence-corrected chi connectivity index (χ3v) is 4.95. The molecule has 0 fully saturated rings. The van der Waals surface area contributed by atoms with Crippen molar-refractivity contribution in [2.75, 3.05) is 0 Å². The summed E-state index contributed by atoms with van der Waals surface area (Å²) in [7, 11) is 0. The first-order valence-corrected chi connectivity index (χ1v) is 11.0. The second kappa shape index (κ2) is 16.8.